The van der Waals surface area contributed by atoms with Gasteiger partial charge in [0, 0.05) is 16.6 Å². The van der Waals surface area contributed by atoms with Crippen molar-refractivity contribution in [2.75, 3.05) is 14.2 Å². The van der Waals surface area contributed by atoms with E-state index in [9.17, 15) is 4.39 Å². The topological polar surface area (TPSA) is 44.5 Å². The zero-order chi connectivity index (χ0) is 15.4. The molecule has 0 spiro atoms. The molecule has 0 saturated heterocycles. The molecule has 0 radical (unpaired) electrons. The number of benzene rings is 2. The molecule has 3 nitrogen and oxygen atoms in total. The summed E-state index contributed by atoms with van der Waals surface area (Å²) >= 11 is 5.99. The first-order valence-electron chi connectivity index (χ1n) is 6.47. The van der Waals surface area contributed by atoms with Crippen molar-refractivity contribution in [2.24, 2.45) is 5.73 Å². The van der Waals surface area contributed by atoms with Gasteiger partial charge in [0.1, 0.15) is 5.75 Å². The highest BCUT2D eigenvalue weighted by atomic mass is 35.5. The predicted molar refractivity (Wildman–Crippen MR) is 81.6 cm³/mol. The molecule has 0 fully saturated rings. The molecule has 2 aromatic rings. The fraction of sp³-hybridized carbons (Fsp3) is 0.250. The molecule has 2 N–H and O–H groups in total. The summed E-state index contributed by atoms with van der Waals surface area (Å²) in [6, 6.07) is 9.78. The van der Waals surface area contributed by atoms with Crippen LogP contribution in [0.2, 0.25) is 5.02 Å². The van der Waals surface area contributed by atoms with Gasteiger partial charge in [-0.3, -0.25) is 0 Å². The summed E-state index contributed by atoms with van der Waals surface area (Å²) in [5.74, 6) is 0.449. The minimum atomic E-state index is -0.430. The average molecular weight is 310 g/mol. The minimum absolute atomic E-state index is 0.206. The molecule has 0 heterocycles. The first-order valence-corrected chi connectivity index (χ1v) is 6.85. The third-order valence-corrected chi connectivity index (χ3v) is 3.53. The fourth-order valence-corrected chi connectivity index (χ4v) is 2.39. The maximum atomic E-state index is 14.2. The van der Waals surface area contributed by atoms with E-state index in [4.69, 9.17) is 26.8 Å². The molecule has 1 atom stereocenters. The first-order chi connectivity index (χ1) is 10.1. The van der Waals surface area contributed by atoms with E-state index in [0.717, 1.165) is 5.56 Å². The lowest BCUT2D eigenvalue weighted by atomic mass is 9.98. The summed E-state index contributed by atoms with van der Waals surface area (Å²) in [5, 5.41) is 0.562. The Morgan fingerprint density at radius 3 is 2.52 bits per heavy atom. The second-order valence-corrected chi connectivity index (χ2v) is 5.07. The molecule has 112 valence electrons. The molecule has 0 saturated carbocycles. The molecule has 0 aliphatic carbocycles. The van der Waals surface area contributed by atoms with Crippen LogP contribution in [-0.4, -0.2) is 14.2 Å². The van der Waals surface area contributed by atoms with Gasteiger partial charge in [-0.1, -0.05) is 23.7 Å². The summed E-state index contributed by atoms with van der Waals surface area (Å²) in [6.07, 6.45) is 0.319. The van der Waals surface area contributed by atoms with Crippen LogP contribution in [0.4, 0.5) is 4.39 Å². The first kappa shape index (κ1) is 15.6. The number of hydrogen-bond donors (Lipinski definition) is 1. The van der Waals surface area contributed by atoms with Crippen molar-refractivity contribution in [3.05, 3.63) is 58.4 Å². The lowest BCUT2D eigenvalue weighted by molar-refractivity contribution is 0.383. The van der Waals surface area contributed by atoms with Crippen molar-refractivity contribution in [2.45, 2.75) is 12.5 Å². The normalized spacial score (nSPS) is 12.0. The Balaban J connectivity index is 2.30. The minimum Gasteiger partial charge on any atom is -0.496 e. The lowest BCUT2D eigenvalue weighted by Gasteiger charge is -2.17. The Kier molecular flexibility index (Phi) is 5.04. The maximum absolute atomic E-state index is 14.2. The van der Waals surface area contributed by atoms with E-state index in [1.807, 2.05) is 0 Å². The van der Waals surface area contributed by atoms with Crippen molar-refractivity contribution in [1.82, 2.24) is 0 Å². The number of methoxy groups -OCH3 is 2. The SMILES string of the molecule is COc1ccc(Cl)cc1C(N)Cc1cccc(OC)c1F. The molecule has 5 heteroatoms. The van der Waals surface area contributed by atoms with Crippen molar-refractivity contribution < 1.29 is 13.9 Å². The van der Waals surface area contributed by atoms with Gasteiger partial charge < -0.3 is 15.2 Å². The molecule has 0 amide bonds. The van der Waals surface area contributed by atoms with Crippen LogP contribution in [0.1, 0.15) is 17.2 Å². The Bertz CT molecular complexity index is 634. The second-order valence-electron chi connectivity index (χ2n) is 4.63. The van der Waals surface area contributed by atoms with Crippen LogP contribution >= 0.6 is 11.6 Å². The standard InChI is InChI=1S/C16H17ClFNO2/c1-20-14-7-6-11(17)9-12(14)13(19)8-10-4-3-5-15(21-2)16(10)18/h3-7,9,13H,8,19H2,1-2H3. The Labute approximate surface area is 128 Å². The number of hydrogen-bond acceptors (Lipinski definition) is 3. The molecular formula is C16H17ClFNO2. The van der Waals surface area contributed by atoms with E-state index < -0.39 is 11.9 Å². The zero-order valence-corrected chi connectivity index (χ0v) is 12.7. The van der Waals surface area contributed by atoms with Crippen LogP contribution in [0, 0.1) is 5.82 Å². The quantitative estimate of drug-likeness (QED) is 0.915. The van der Waals surface area contributed by atoms with Gasteiger partial charge in [0.2, 0.25) is 0 Å². The van der Waals surface area contributed by atoms with Gasteiger partial charge in [-0.2, -0.15) is 0 Å². The summed E-state index contributed by atoms with van der Waals surface area (Å²) in [5.41, 5.74) is 7.42. The molecule has 2 aromatic carbocycles. The number of nitrogens with two attached hydrogens (primary N) is 1. The van der Waals surface area contributed by atoms with E-state index in [0.29, 0.717) is 22.8 Å². The van der Waals surface area contributed by atoms with Crippen LogP contribution in [-0.2, 0) is 6.42 Å². The number of ether oxygens (including phenoxy) is 2. The Morgan fingerprint density at radius 1 is 1.14 bits per heavy atom. The molecule has 2 rings (SSSR count). The molecular weight excluding hydrogens is 293 g/mol. The summed E-state index contributed by atoms with van der Waals surface area (Å²) < 4.78 is 24.4. The van der Waals surface area contributed by atoms with Crippen molar-refractivity contribution in [3.8, 4) is 11.5 Å². The molecule has 0 aromatic heterocycles. The van der Waals surface area contributed by atoms with E-state index in [1.54, 1.807) is 43.5 Å². The molecule has 21 heavy (non-hydrogen) atoms. The highest BCUT2D eigenvalue weighted by molar-refractivity contribution is 6.30. The zero-order valence-electron chi connectivity index (χ0n) is 11.9. The lowest BCUT2D eigenvalue weighted by Crippen LogP contribution is -2.15. The maximum Gasteiger partial charge on any atom is 0.168 e. The summed E-state index contributed by atoms with van der Waals surface area (Å²) in [7, 11) is 2.99. The average Bonchev–Trinajstić information content (AvgIpc) is 2.49. The predicted octanol–water partition coefficient (Wildman–Crippen LogP) is 3.74. The monoisotopic (exact) mass is 309 g/mol. The smallest absolute Gasteiger partial charge is 0.168 e. The van der Waals surface area contributed by atoms with Gasteiger partial charge in [-0.15, -0.1) is 0 Å². The summed E-state index contributed by atoms with van der Waals surface area (Å²) in [4.78, 5) is 0. The second kappa shape index (κ2) is 6.78. The highest BCUT2D eigenvalue weighted by Crippen LogP contribution is 2.30. The van der Waals surface area contributed by atoms with E-state index >= 15 is 0 Å². The number of rotatable bonds is 5. The number of halogens is 2. The van der Waals surface area contributed by atoms with Gasteiger partial charge in [-0.05, 0) is 36.2 Å². The van der Waals surface area contributed by atoms with Crippen LogP contribution in [0.3, 0.4) is 0 Å². The van der Waals surface area contributed by atoms with Crippen molar-refractivity contribution >= 4 is 11.6 Å². The third kappa shape index (κ3) is 3.46. The Morgan fingerprint density at radius 2 is 1.86 bits per heavy atom. The van der Waals surface area contributed by atoms with Gasteiger partial charge in [0.25, 0.3) is 0 Å². The summed E-state index contributed by atoms with van der Waals surface area (Å²) in [6.45, 7) is 0. The third-order valence-electron chi connectivity index (χ3n) is 3.29. The van der Waals surface area contributed by atoms with Gasteiger partial charge >= 0.3 is 0 Å². The highest BCUT2D eigenvalue weighted by Gasteiger charge is 2.17. The van der Waals surface area contributed by atoms with Crippen LogP contribution < -0.4 is 15.2 Å². The molecule has 0 bridgehead atoms. The molecule has 0 aliphatic rings. The van der Waals surface area contributed by atoms with Crippen molar-refractivity contribution in [1.29, 1.82) is 0 Å². The van der Waals surface area contributed by atoms with Gasteiger partial charge in [0.15, 0.2) is 11.6 Å². The molecule has 0 aliphatic heterocycles. The van der Waals surface area contributed by atoms with E-state index in [2.05, 4.69) is 0 Å². The fourth-order valence-electron chi connectivity index (χ4n) is 2.21. The van der Waals surface area contributed by atoms with Crippen LogP contribution in [0.5, 0.6) is 11.5 Å². The Hall–Kier alpha value is -1.78. The van der Waals surface area contributed by atoms with E-state index in [1.165, 1.54) is 7.11 Å². The van der Waals surface area contributed by atoms with Crippen LogP contribution in [0.25, 0.3) is 0 Å². The van der Waals surface area contributed by atoms with E-state index in [-0.39, 0.29) is 5.75 Å². The van der Waals surface area contributed by atoms with Crippen molar-refractivity contribution in [3.63, 3.8) is 0 Å². The largest absolute Gasteiger partial charge is 0.496 e. The van der Waals surface area contributed by atoms with Crippen LogP contribution in [0.15, 0.2) is 36.4 Å². The van der Waals surface area contributed by atoms with Gasteiger partial charge in [0.05, 0.1) is 14.2 Å². The molecule has 1 unspecified atom stereocenters. The van der Waals surface area contributed by atoms with Gasteiger partial charge in [-0.25, -0.2) is 4.39 Å².